The van der Waals surface area contributed by atoms with E-state index in [1.54, 1.807) is 32.0 Å². The number of hydrogen-bond acceptors (Lipinski definition) is 5. The Morgan fingerprint density at radius 3 is 3.11 bits per heavy atom. The molecule has 1 heterocycles. The molecule has 1 aromatic rings. The van der Waals surface area contributed by atoms with Gasteiger partial charge < -0.3 is 9.57 Å². The lowest BCUT2D eigenvalue weighted by atomic mass is 9.95. The highest BCUT2D eigenvalue weighted by atomic mass is 16.7. The molecule has 5 nitrogen and oxygen atoms in total. The van der Waals surface area contributed by atoms with Gasteiger partial charge in [0.15, 0.2) is 0 Å². The normalized spacial score (nSPS) is 21.2. The van der Waals surface area contributed by atoms with Crippen molar-refractivity contribution in [3.05, 3.63) is 35.4 Å². The topological polar surface area (TPSA) is 71.7 Å². The molecule has 0 aromatic heterocycles. The number of esters is 1. The molecule has 0 saturated carbocycles. The molecule has 1 aromatic carbocycles. The van der Waals surface area contributed by atoms with Gasteiger partial charge in [-0.2, -0.15) is 5.26 Å². The van der Waals surface area contributed by atoms with Gasteiger partial charge in [0.05, 0.1) is 24.0 Å². The molecule has 5 heteroatoms. The maximum atomic E-state index is 11.8. The Kier molecular flexibility index (Phi) is 3.52. The largest absolute Gasteiger partial charge is 0.463 e. The molecular formula is C14H14N2O3. The smallest absolute Gasteiger partial charge is 0.353 e. The zero-order chi connectivity index (χ0) is 13.9. The number of oxime groups is 1. The van der Waals surface area contributed by atoms with E-state index < -0.39 is 11.6 Å². The molecule has 1 aliphatic heterocycles. The van der Waals surface area contributed by atoms with Gasteiger partial charge in [0.25, 0.3) is 0 Å². The molecule has 0 amide bonds. The van der Waals surface area contributed by atoms with Crippen molar-refractivity contribution in [1.82, 2.24) is 0 Å². The first-order chi connectivity index (χ1) is 9.09. The molecular weight excluding hydrogens is 244 g/mol. The average molecular weight is 258 g/mol. The second-order valence-corrected chi connectivity index (χ2v) is 4.45. The highest BCUT2D eigenvalue weighted by Crippen LogP contribution is 2.28. The van der Waals surface area contributed by atoms with Crippen LogP contribution < -0.4 is 0 Å². The van der Waals surface area contributed by atoms with Crippen LogP contribution in [0.25, 0.3) is 0 Å². The lowest BCUT2D eigenvalue weighted by Gasteiger charge is -2.18. The molecule has 1 atom stereocenters. The van der Waals surface area contributed by atoms with Gasteiger partial charge in [-0.15, -0.1) is 0 Å². The number of nitriles is 1. The highest BCUT2D eigenvalue weighted by Gasteiger charge is 2.43. The van der Waals surface area contributed by atoms with Crippen molar-refractivity contribution in [3.8, 4) is 6.07 Å². The number of carbonyl (C=O) groups excluding carboxylic acids is 1. The van der Waals surface area contributed by atoms with E-state index in [1.165, 1.54) is 0 Å². The van der Waals surface area contributed by atoms with Crippen LogP contribution in [0.5, 0.6) is 0 Å². The molecule has 0 fully saturated rings. The second kappa shape index (κ2) is 5.11. The maximum Gasteiger partial charge on any atom is 0.353 e. The first kappa shape index (κ1) is 13.1. The molecule has 0 N–H and O–H groups in total. The van der Waals surface area contributed by atoms with Crippen molar-refractivity contribution in [2.24, 2.45) is 5.16 Å². The average Bonchev–Trinajstić information content (AvgIpc) is 2.83. The van der Waals surface area contributed by atoms with Gasteiger partial charge in [0.1, 0.15) is 0 Å². The Bertz CT molecular complexity index is 574. The number of ether oxygens (including phenoxy) is 1. The van der Waals surface area contributed by atoms with Crippen LogP contribution in [-0.2, 0) is 14.4 Å². The van der Waals surface area contributed by atoms with Crippen molar-refractivity contribution in [2.45, 2.75) is 25.9 Å². The fourth-order valence-corrected chi connectivity index (χ4v) is 1.86. The van der Waals surface area contributed by atoms with E-state index in [-0.39, 0.29) is 0 Å². The third-order valence-corrected chi connectivity index (χ3v) is 2.89. The van der Waals surface area contributed by atoms with Crippen molar-refractivity contribution >= 4 is 11.7 Å². The van der Waals surface area contributed by atoms with Gasteiger partial charge in [-0.3, -0.25) is 0 Å². The number of benzene rings is 1. The summed E-state index contributed by atoms with van der Waals surface area (Å²) in [7, 11) is 0. The zero-order valence-electron chi connectivity index (χ0n) is 10.8. The van der Waals surface area contributed by atoms with Crippen LogP contribution in [0, 0.1) is 11.3 Å². The molecule has 0 radical (unpaired) electrons. The number of nitrogens with zero attached hydrogens (tertiary/aromatic N) is 2. The summed E-state index contributed by atoms with van der Waals surface area (Å²) in [5, 5.41) is 12.8. The second-order valence-electron chi connectivity index (χ2n) is 4.45. The quantitative estimate of drug-likeness (QED) is 0.777. The monoisotopic (exact) mass is 258 g/mol. The van der Waals surface area contributed by atoms with Gasteiger partial charge in [-0.25, -0.2) is 4.79 Å². The van der Waals surface area contributed by atoms with Crippen molar-refractivity contribution in [2.75, 3.05) is 6.61 Å². The molecule has 0 bridgehead atoms. The summed E-state index contributed by atoms with van der Waals surface area (Å²) in [4.78, 5) is 17.0. The molecule has 0 spiro atoms. The highest BCUT2D eigenvalue weighted by molar-refractivity contribution is 6.04. The lowest BCUT2D eigenvalue weighted by molar-refractivity contribution is -0.166. The molecule has 2 rings (SSSR count). The summed E-state index contributed by atoms with van der Waals surface area (Å²) in [6.45, 7) is 3.70. The fourth-order valence-electron chi connectivity index (χ4n) is 1.86. The molecule has 1 aliphatic rings. The first-order valence-corrected chi connectivity index (χ1v) is 6.02. The third kappa shape index (κ3) is 2.58. The van der Waals surface area contributed by atoms with Crippen molar-refractivity contribution in [3.63, 3.8) is 0 Å². The van der Waals surface area contributed by atoms with E-state index in [0.717, 1.165) is 5.56 Å². The van der Waals surface area contributed by atoms with Gasteiger partial charge in [-0.05, 0) is 26.0 Å². The maximum absolute atomic E-state index is 11.8. The molecule has 0 saturated heterocycles. The Balaban J connectivity index is 2.17. The van der Waals surface area contributed by atoms with Gasteiger partial charge >= 0.3 is 5.97 Å². The molecule has 19 heavy (non-hydrogen) atoms. The molecule has 0 aliphatic carbocycles. The fraction of sp³-hybridized carbons (Fsp3) is 0.357. The SMILES string of the molecule is CCOC(=O)C1(C)CC(c2cccc(C#N)c2)=NO1. The van der Waals surface area contributed by atoms with Crippen molar-refractivity contribution < 1.29 is 14.4 Å². The number of hydrogen-bond donors (Lipinski definition) is 0. The van der Waals surface area contributed by atoms with E-state index in [0.29, 0.717) is 24.3 Å². The zero-order valence-corrected chi connectivity index (χ0v) is 10.8. The van der Waals surface area contributed by atoms with Crippen LogP contribution in [-0.4, -0.2) is 23.9 Å². The predicted molar refractivity (Wildman–Crippen MR) is 68.4 cm³/mol. The number of carbonyl (C=O) groups is 1. The molecule has 1 unspecified atom stereocenters. The van der Waals surface area contributed by atoms with Crippen LogP contribution in [0.2, 0.25) is 0 Å². The summed E-state index contributed by atoms with van der Waals surface area (Å²) in [5.41, 5.74) is 0.901. The minimum Gasteiger partial charge on any atom is -0.463 e. The van der Waals surface area contributed by atoms with Crippen LogP contribution in [0.15, 0.2) is 29.4 Å². The van der Waals surface area contributed by atoms with E-state index >= 15 is 0 Å². The molecule has 98 valence electrons. The van der Waals surface area contributed by atoms with Gasteiger partial charge in [0, 0.05) is 12.0 Å². The summed E-state index contributed by atoms with van der Waals surface area (Å²) in [5.74, 6) is -0.426. The van der Waals surface area contributed by atoms with Crippen LogP contribution in [0.4, 0.5) is 0 Å². The summed E-state index contributed by atoms with van der Waals surface area (Å²) < 4.78 is 4.97. The van der Waals surface area contributed by atoms with Crippen LogP contribution >= 0.6 is 0 Å². The summed E-state index contributed by atoms with van der Waals surface area (Å²) >= 11 is 0. The van der Waals surface area contributed by atoms with E-state index in [2.05, 4.69) is 11.2 Å². The first-order valence-electron chi connectivity index (χ1n) is 6.02. The lowest BCUT2D eigenvalue weighted by Crippen LogP contribution is -2.37. The number of rotatable bonds is 3. The Labute approximate surface area is 111 Å². The summed E-state index contributed by atoms with van der Waals surface area (Å²) in [6.07, 6.45) is 0.334. The minimum atomic E-state index is -1.08. The predicted octanol–water partition coefficient (Wildman–Crippen LogP) is 2.00. The standard InChI is InChI=1S/C14H14N2O3/c1-3-18-13(17)14(2)8-12(16-19-14)11-6-4-5-10(7-11)9-15/h4-7H,3,8H2,1-2H3. The Morgan fingerprint density at radius 1 is 1.63 bits per heavy atom. The van der Waals surface area contributed by atoms with Gasteiger partial charge in [0.2, 0.25) is 5.60 Å². The van der Waals surface area contributed by atoms with E-state index in [4.69, 9.17) is 14.8 Å². The van der Waals surface area contributed by atoms with Crippen LogP contribution in [0.1, 0.15) is 31.4 Å². The van der Waals surface area contributed by atoms with E-state index in [9.17, 15) is 4.79 Å². The Morgan fingerprint density at radius 2 is 2.42 bits per heavy atom. The van der Waals surface area contributed by atoms with E-state index in [1.807, 2.05) is 6.07 Å². The van der Waals surface area contributed by atoms with Crippen molar-refractivity contribution in [1.29, 1.82) is 5.26 Å². The summed E-state index contributed by atoms with van der Waals surface area (Å²) in [6, 6.07) is 9.11. The van der Waals surface area contributed by atoms with Crippen LogP contribution in [0.3, 0.4) is 0 Å². The van der Waals surface area contributed by atoms with Gasteiger partial charge in [-0.1, -0.05) is 17.3 Å². The third-order valence-electron chi connectivity index (χ3n) is 2.89. The minimum absolute atomic E-state index is 0.303. The Hall–Kier alpha value is -2.35.